The van der Waals surface area contributed by atoms with Crippen LogP contribution >= 0.6 is 23.4 Å². The molecular weight excluding hydrogens is 396 g/mol. The van der Waals surface area contributed by atoms with E-state index >= 15 is 0 Å². The molecule has 0 aliphatic rings. The average molecular weight is 417 g/mol. The Labute approximate surface area is 173 Å². The summed E-state index contributed by atoms with van der Waals surface area (Å²) in [5, 5.41) is 4.37. The van der Waals surface area contributed by atoms with Gasteiger partial charge in [-0.1, -0.05) is 36.4 Å². The maximum Gasteiger partial charge on any atom is 0.332 e. The molecule has 7 heteroatoms. The number of carbonyl (C=O) groups excluding carboxylic acids is 2. The van der Waals surface area contributed by atoms with Crippen LogP contribution in [0.15, 0.2) is 52.3 Å². The molecule has 1 aromatic heterocycles. The molecule has 28 heavy (non-hydrogen) atoms. The summed E-state index contributed by atoms with van der Waals surface area (Å²) < 4.78 is 1.55. The molecule has 0 bridgehead atoms. The highest BCUT2D eigenvalue weighted by atomic mass is 35.5. The second kappa shape index (κ2) is 8.71. The Morgan fingerprint density at radius 1 is 1.18 bits per heavy atom. The van der Waals surface area contributed by atoms with Gasteiger partial charge >= 0.3 is 5.97 Å². The Balaban J connectivity index is 2.15. The van der Waals surface area contributed by atoms with Gasteiger partial charge in [0, 0.05) is 33.5 Å². The van der Waals surface area contributed by atoms with E-state index in [0.717, 1.165) is 26.4 Å². The molecule has 0 atom stereocenters. The van der Waals surface area contributed by atoms with E-state index in [2.05, 4.69) is 5.32 Å². The number of aromatic nitrogens is 1. The summed E-state index contributed by atoms with van der Waals surface area (Å²) >= 11 is 7.53. The Kier molecular flexibility index (Phi) is 6.31. The van der Waals surface area contributed by atoms with Crippen molar-refractivity contribution in [3.63, 3.8) is 0 Å². The van der Waals surface area contributed by atoms with Gasteiger partial charge in [-0.05, 0) is 49.7 Å². The lowest BCUT2D eigenvalue weighted by Crippen LogP contribution is -2.20. The second-order valence-electron chi connectivity index (χ2n) is 6.36. The van der Waals surface area contributed by atoms with Gasteiger partial charge in [-0.3, -0.25) is 4.79 Å². The highest BCUT2D eigenvalue weighted by molar-refractivity contribution is 7.99. The first kappa shape index (κ1) is 20.3. The van der Waals surface area contributed by atoms with Crippen molar-refractivity contribution in [3.8, 4) is 0 Å². The number of rotatable bonds is 6. The Morgan fingerprint density at radius 3 is 2.54 bits per heavy atom. The number of hydrogen-bond donors (Lipinski definition) is 1. The van der Waals surface area contributed by atoms with Crippen LogP contribution in [0, 0.1) is 6.92 Å². The molecule has 0 aliphatic heterocycles. The van der Waals surface area contributed by atoms with Crippen molar-refractivity contribution in [2.45, 2.75) is 43.4 Å². The molecule has 3 aromatic rings. The van der Waals surface area contributed by atoms with Gasteiger partial charge in [0.1, 0.15) is 0 Å². The molecule has 146 valence electrons. The summed E-state index contributed by atoms with van der Waals surface area (Å²) in [6.07, 6.45) is 1.05. The average Bonchev–Trinajstić information content (AvgIpc) is 2.90. The molecule has 1 N–H and O–H groups in total. The molecule has 0 saturated carbocycles. The molecule has 0 unspecified atom stereocenters. The van der Waals surface area contributed by atoms with E-state index in [-0.39, 0.29) is 11.9 Å². The van der Waals surface area contributed by atoms with Crippen molar-refractivity contribution in [1.82, 2.24) is 4.73 Å². The number of nitrogens with one attached hydrogen (secondary N) is 1. The zero-order valence-electron chi connectivity index (χ0n) is 15.9. The molecule has 1 amide bonds. The third-order valence-electron chi connectivity index (χ3n) is 4.11. The molecule has 1 heterocycles. The van der Waals surface area contributed by atoms with Crippen molar-refractivity contribution in [3.05, 3.63) is 53.2 Å². The SMILES string of the molecule is CCCC(=O)On1c(C)c(Sc2ccc(Cl)cc2)c2c(NC(C)=O)cccc21. The summed E-state index contributed by atoms with van der Waals surface area (Å²) in [7, 11) is 0. The van der Waals surface area contributed by atoms with E-state index in [1.807, 2.05) is 56.3 Å². The molecule has 3 rings (SSSR count). The minimum Gasteiger partial charge on any atom is -0.336 e. The Bertz CT molecular complexity index is 1030. The maximum atomic E-state index is 12.1. The summed E-state index contributed by atoms with van der Waals surface area (Å²) in [6.45, 7) is 5.30. The molecule has 2 aromatic carbocycles. The van der Waals surface area contributed by atoms with Crippen LogP contribution in [0.2, 0.25) is 5.02 Å². The quantitative estimate of drug-likeness (QED) is 0.579. The molecular formula is C21H21ClN2O3S. The molecule has 0 spiro atoms. The first-order chi connectivity index (χ1) is 13.4. The summed E-state index contributed by atoms with van der Waals surface area (Å²) in [5.74, 6) is -0.459. The number of anilines is 1. The Morgan fingerprint density at radius 2 is 1.89 bits per heavy atom. The minimum atomic E-state index is -0.296. The normalized spacial score (nSPS) is 10.9. The van der Waals surface area contributed by atoms with Crippen molar-refractivity contribution in [2.24, 2.45) is 0 Å². The van der Waals surface area contributed by atoms with Crippen LogP contribution in [0.25, 0.3) is 10.9 Å². The monoisotopic (exact) mass is 416 g/mol. The molecule has 0 saturated heterocycles. The predicted octanol–water partition coefficient (Wildman–Crippen LogP) is 5.47. The van der Waals surface area contributed by atoms with Crippen LogP contribution in [0.5, 0.6) is 0 Å². The van der Waals surface area contributed by atoms with Crippen LogP contribution in [0.3, 0.4) is 0 Å². The summed E-state index contributed by atoms with van der Waals surface area (Å²) in [4.78, 5) is 31.4. The molecule has 0 radical (unpaired) electrons. The van der Waals surface area contributed by atoms with E-state index in [1.165, 1.54) is 18.7 Å². The lowest BCUT2D eigenvalue weighted by molar-refractivity contribution is -0.143. The number of benzene rings is 2. The van der Waals surface area contributed by atoms with Crippen molar-refractivity contribution in [1.29, 1.82) is 0 Å². The van der Waals surface area contributed by atoms with E-state index < -0.39 is 0 Å². The first-order valence-corrected chi connectivity index (χ1v) is 10.2. The highest BCUT2D eigenvalue weighted by Crippen LogP contribution is 2.41. The number of carbonyl (C=O) groups is 2. The topological polar surface area (TPSA) is 60.3 Å². The zero-order chi connectivity index (χ0) is 20.3. The van der Waals surface area contributed by atoms with Gasteiger partial charge in [-0.25, -0.2) is 4.79 Å². The smallest absolute Gasteiger partial charge is 0.332 e. The summed E-state index contributed by atoms with van der Waals surface area (Å²) in [5.41, 5.74) is 2.19. The van der Waals surface area contributed by atoms with Crippen LogP contribution in [0.4, 0.5) is 5.69 Å². The van der Waals surface area contributed by atoms with Gasteiger partial charge < -0.3 is 10.2 Å². The lowest BCUT2D eigenvalue weighted by Gasteiger charge is -2.08. The van der Waals surface area contributed by atoms with Crippen LogP contribution < -0.4 is 10.2 Å². The molecule has 5 nitrogen and oxygen atoms in total. The third-order valence-corrected chi connectivity index (χ3v) is 5.58. The largest absolute Gasteiger partial charge is 0.336 e. The van der Waals surface area contributed by atoms with Crippen LogP contribution in [-0.4, -0.2) is 16.6 Å². The van der Waals surface area contributed by atoms with Gasteiger partial charge in [0.2, 0.25) is 5.91 Å². The fourth-order valence-electron chi connectivity index (χ4n) is 2.91. The van der Waals surface area contributed by atoms with Crippen LogP contribution in [-0.2, 0) is 9.59 Å². The van der Waals surface area contributed by atoms with Crippen molar-refractivity contribution >= 4 is 51.8 Å². The van der Waals surface area contributed by atoms with E-state index in [9.17, 15) is 9.59 Å². The van der Waals surface area contributed by atoms with E-state index in [0.29, 0.717) is 23.6 Å². The minimum absolute atomic E-state index is 0.164. The zero-order valence-corrected chi connectivity index (χ0v) is 17.5. The van der Waals surface area contributed by atoms with Crippen molar-refractivity contribution < 1.29 is 14.4 Å². The maximum absolute atomic E-state index is 12.1. The number of amides is 1. The molecule has 0 fully saturated rings. The standard InChI is InChI=1S/C21H21ClN2O3S/c1-4-6-19(26)27-24-13(2)21(28-16-11-9-15(22)10-12-16)20-17(23-14(3)25)7-5-8-18(20)24/h5,7-12H,4,6H2,1-3H3,(H,23,25). The van der Waals surface area contributed by atoms with Gasteiger partial charge in [-0.15, -0.1) is 0 Å². The lowest BCUT2D eigenvalue weighted by atomic mass is 10.2. The van der Waals surface area contributed by atoms with Gasteiger partial charge in [0.25, 0.3) is 0 Å². The number of hydrogen-bond acceptors (Lipinski definition) is 4. The van der Waals surface area contributed by atoms with Gasteiger partial charge in [0.05, 0.1) is 16.9 Å². The van der Waals surface area contributed by atoms with E-state index in [1.54, 1.807) is 4.73 Å². The highest BCUT2D eigenvalue weighted by Gasteiger charge is 2.21. The second-order valence-corrected chi connectivity index (χ2v) is 7.88. The van der Waals surface area contributed by atoms with Gasteiger partial charge in [0.15, 0.2) is 0 Å². The fraction of sp³-hybridized carbons (Fsp3) is 0.238. The third kappa shape index (κ3) is 4.34. The predicted molar refractivity (Wildman–Crippen MR) is 113 cm³/mol. The fourth-order valence-corrected chi connectivity index (χ4v) is 4.09. The Hall–Kier alpha value is -2.44. The van der Waals surface area contributed by atoms with Gasteiger partial charge in [-0.2, -0.15) is 4.73 Å². The molecule has 0 aliphatic carbocycles. The number of halogens is 1. The number of nitrogens with zero attached hydrogens (tertiary/aromatic N) is 1. The number of fused-ring (bicyclic) bond motifs is 1. The summed E-state index contributed by atoms with van der Waals surface area (Å²) in [6, 6.07) is 13.1. The van der Waals surface area contributed by atoms with Crippen molar-refractivity contribution in [2.75, 3.05) is 5.32 Å². The van der Waals surface area contributed by atoms with Crippen LogP contribution in [0.1, 0.15) is 32.4 Å². The van der Waals surface area contributed by atoms with E-state index in [4.69, 9.17) is 16.4 Å². The first-order valence-electron chi connectivity index (χ1n) is 8.97.